The lowest BCUT2D eigenvalue weighted by Crippen LogP contribution is -2.44. The number of rotatable bonds is 5. The van der Waals surface area contributed by atoms with E-state index in [1.807, 2.05) is 42.3 Å². The molecule has 4 aliphatic rings. The number of carbonyl (C=O) groups is 1. The van der Waals surface area contributed by atoms with Crippen LogP contribution in [-0.4, -0.2) is 64.4 Å². The molecule has 7 rings (SSSR count). The zero-order valence-corrected chi connectivity index (χ0v) is 20.7. The summed E-state index contributed by atoms with van der Waals surface area (Å²) in [7, 11) is 0. The van der Waals surface area contributed by atoms with Crippen LogP contribution in [0.4, 0.5) is 11.9 Å². The quantitative estimate of drug-likeness (QED) is 0.527. The minimum atomic E-state index is -0.826. The summed E-state index contributed by atoms with van der Waals surface area (Å²) in [5.41, 5.74) is 3.21. The van der Waals surface area contributed by atoms with Crippen LogP contribution in [0.15, 0.2) is 66.0 Å². The second-order valence-electron chi connectivity index (χ2n) is 9.72. The van der Waals surface area contributed by atoms with Crippen LogP contribution in [0.5, 0.6) is 0 Å². The Labute approximate surface area is 216 Å². The molecule has 0 bridgehead atoms. The van der Waals surface area contributed by atoms with Gasteiger partial charge in [-0.1, -0.05) is 30.4 Å². The average Bonchev–Trinajstić information content (AvgIpc) is 3.47. The van der Waals surface area contributed by atoms with Crippen molar-refractivity contribution in [2.75, 3.05) is 42.7 Å². The second-order valence-corrected chi connectivity index (χ2v) is 9.72. The van der Waals surface area contributed by atoms with Crippen LogP contribution >= 0.6 is 0 Å². The number of morpholine rings is 1. The number of hydrogen-bond acceptors (Lipinski definition) is 8. The number of aromatic amines is 1. The third kappa shape index (κ3) is 3.41. The van der Waals surface area contributed by atoms with Crippen molar-refractivity contribution in [1.29, 1.82) is 0 Å². The zero-order chi connectivity index (χ0) is 25.0. The number of ether oxygens (including phenoxy) is 2. The van der Waals surface area contributed by atoms with Crippen LogP contribution < -0.4 is 9.80 Å². The maximum absolute atomic E-state index is 13.5. The van der Waals surface area contributed by atoms with E-state index in [-0.39, 0.29) is 13.3 Å². The van der Waals surface area contributed by atoms with Gasteiger partial charge < -0.3 is 19.4 Å². The predicted octanol–water partition coefficient (Wildman–Crippen LogP) is 4.01. The Bertz CT molecular complexity index is 1490. The summed E-state index contributed by atoms with van der Waals surface area (Å²) in [5.74, 6) is 1.47. The second kappa shape index (κ2) is 8.55. The van der Waals surface area contributed by atoms with Crippen molar-refractivity contribution in [2.45, 2.75) is 25.3 Å². The van der Waals surface area contributed by atoms with Crippen molar-refractivity contribution in [1.82, 2.24) is 19.9 Å². The van der Waals surface area contributed by atoms with E-state index in [4.69, 9.17) is 24.4 Å². The number of carbonyl (C=O) groups excluding carboxylic acids is 1. The highest BCUT2D eigenvalue weighted by Crippen LogP contribution is 2.62. The first-order valence-corrected chi connectivity index (χ1v) is 12.9. The van der Waals surface area contributed by atoms with Crippen molar-refractivity contribution >= 4 is 28.8 Å². The lowest BCUT2D eigenvalue weighted by atomic mass is 10.1. The smallest absolute Gasteiger partial charge is 0.333 e. The summed E-state index contributed by atoms with van der Waals surface area (Å²) in [6, 6.07) is 8.10. The van der Waals surface area contributed by atoms with Crippen LogP contribution in [0, 0.1) is 5.92 Å². The van der Waals surface area contributed by atoms with Gasteiger partial charge in [0.15, 0.2) is 11.4 Å². The molecule has 1 saturated heterocycles. The molecule has 9 nitrogen and oxygen atoms in total. The van der Waals surface area contributed by atoms with Crippen LogP contribution in [0.3, 0.4) is 0 Å². The van der Waals surface area contributed by atoms with E-state index in [9.17, 15) is 4.79 Å². The monoisotopic (exact) mass is 498 g/mol. The first kappa shape index (κ1) is 22.2. The molecule has 4 heterocycles. The van der Waals surface area contributed by atoms with Crippen molar-refractivity contribution in [2.24, 2.45) is 5.92 Å². The number of esters is 1. The number of H-pyrrole nitrogens is 1. The summed E-state index contributed by atoms with van der Waals surface area (Å²) in [4.78, 5) is 35.8. The fraction of sp³-hybridized carbons (Fsp3) is 0.357. The molecule has 2 aliphatic heterocycles. The van der Waals surface area contributed by atoms with E-state index in [2.05, 4.69) is 34.2 Å². The Hall–Kier alpha value is -3.98. The number of fused-ring (bicyclic) bond motifs is 3. The molecule has 2 unspecified atom stereocenters. The van der Waals surface area contributed by atoms with Crippen LogP contribution in [0.2, 0.25) is 0 Å². The van der Waals surface area contributed by atoms with Gasteiger partial charge in [0, 0.05) is 48.8 Å². The molecule has 2 fully saturated rings. The number of aromatic nitrogens is 4. The zero-order valence-electron chi connectivity index (χ0n) is 20.7. The SMILES string of the molecule is CCOC(=O)C12CC1C1=C(C=CCC=C1)N2c1nc(-c2cccc3[nH]ccc23)nc(N2CCOCC2)n1.[HH]. The molecular formula is C28H30N6O3. The summed E-state index contributed by atoms with van der Waals surface area (Å²) in [6.45, 7) is 4.79. The highest BCUT2D eigenvalue weighted by atomic mass is 16.5. The summed E-state index contributed by atoms with van der Waals surface area (Å²) >= 11 is 0. The lowest BCUT2D eigenvalue weighted by Gasteiger charge is -2.31. The Balaban J connectivity index is 0.00000264. The number of benzene rings is 1. The third-order valence-corrected chi connectivity index (χ3v) is 7.66. The molecule has 1 saturated carbocycles. The molecule has 2 aliphatic carbocycles. The van der Waals surface area contributed by atoms with Crippen molar-refractivity contribution < 1.29 is 15.7 Å². The Morgan fingerprint density at radius 3 is 2.86 bits per heavy atom. The molecule has 3 aromatic rings. The van der Waals surface area contributed by atoms with Gasteiger partial charge in [-0.05, 0) is 43.5 Å². The molecule has 0 amide bonds. The summed E-state index contributed by atoms with van der Waals surface area (Å²) in [5, 5.41) is 1.04. The van der Waals surface area contributed by atoms with Gasteiger partial charge in [-0.2, -0.15) is 15.0 Å². The predicted molar refractivity (Wildman–Crippen MR) is 142 cm³/mol. The highest BCUT2D eigenvalue weighted by molar-refractivity contribution is 5.96. The highest BCUT2D eigenvalue weighted by Gasteiger charge is 2.71. The Kier molecular flexibility index (Phi) is 5.14. The Morgan fingerprint density at radius 2 is 2.00 bits per heavy atom. The number of allylic oxidation sites excluding steroid dienone is 4. The molecule has 2 aromatic heterocycles. The van der Waals surface area contributed by atoms with E-state index in [1.54, 1.807) is 0 Å². The maximum atomic E-state index is 13.5. The fourth-order valence-corrected chi connectivity index (χ4v) is 5.83. The van der Waals surface area contributed by atoms with Gasteiger partial charge in [0.1, 0.15) is 0 Å². The van der Waals surface area contributed by atoms with Crippen LogP contribution in [0.25, 0.3) is 22.3 Å². The molecule has 37 heavy (non-hydrogen) atoms. The van der Waals surface area contributed by atoms with Crippen molar-refractivity contribution in [3.63, 3.8) is 0 Å². The van der Waals surface area contributed by atoms with E-state index < -0.39 is 5.54 Å². The molecular weight excluding hydrogens is 468 g/mol. The standard InChI is InChI=1S/C28H28N6O3.H2/c1-2-37-25(35)28-17-21(28)20-7-4-3-5-10-23(20)34(28)27-31-24(19-8-6-9-22-18(19)11-12-29-22)30-26(32-27)33-13-15-36-16-14-33;/h4-12,21,29H,2-3,13-17H2,1H3;1H. The maximum Gasteiger partial charge on any atom is 0.333 e. The van der Waals surface area contributed by atoms with E-state index in [0.29, 0.717) is 57.1 Å². The van der Waals surface area contributed by atoms with Gasteiger partial charge in [-0.15, -0.1) is 0 Å². The summed E-state index contributed by atoms with van der Waals surface area (Å²) < 4.78 is 11.2. The molecule has 9 heteroatoms. The van der Waals surface area contributed by atoms with Gasteiger partial charge >= 0.3 is 5.97 Å². The number of nitrogens with zero attached hydrogens (tertiary/aromatic N) is 5. The fourth-order valence-electron chi connectivity index (χ4n) is 5.83. The number of nitrogens with one attached hydrogen (secondary N) is 1. The van der Waals surface area contributed by atoms with Gasteiger partial charge in [0.05, 0.1) is 19.8 Å². The Morgan fingerprint density at radius 1 is 1.16 bits per heavy atom. The van der Waals surface area contributed by atoms with Gasteiger partial charge in [-0.25, -0.2) is 4.79 Å². The minimum absolute atomic E-state index is 0. The first-order valence-electron chi connectivity index (χ1n) is 12.9. The number of hydrogen-bond donors (Lipinski definition) is 1. The molecule has 0 radical (unpaired) electrons. The lowest BCUT2D eigenvalue weighted by molar-refractivity contribution is -0.146. The van der Waals surface area contributed by atoms with E-state index in [0.717, 1.165) is 34.2 Å². The third-order valence-electron chi connectivity index (χ3n) is 7.66. The topological polar surface area (TPSA) is 96.5 Å². The average molecular weight is 499 g/mol. The van der Waals surface area contributed by atoms with Gasteiger partial charge in [-0.3, -0.25) is 4.90 Å². The van der Waals surface area contributed by atoms with E-state index in [1.165, 1.54) is 0 Å². The molecule has 1 N–H and O–H groups in total. The van der Waals surface area contributed by atoms with Gasteiger partial charge in [0.25, 0.3) is 0 Å². The van der Waals surface area contributed by atoms with Crippen molar-refractivity contribution in [3.05, 3.63) is 66.0 Å². The first-order chi connectivity index (χ1) is 18.2. The van der Waals surface area contributed by atoms with E-state index >= 15 is 0 Å². The molecule has 1 aromatic carbocycles. The summed E-state index contributed by atoms with van der Waals surface area (Å²) in [6.07, 6.45) is 11.9. The molecule has 190 valence electrons. The molecule has 2 atom stereocenters. The molecule has 0 spiro atoms. The van der Waals surface area contributed by atoms with Crippen molar-refractivity contribution in [3.8, 4) is 11.4 Å². The normalized spacial score (nSPS) is 24.3. The largest absolute Gasteiger partial charge is 0.464 e. The van der Waals surface area contributed by atoms with Gasteiger partial charge in [0.2, 0.25) is 11.9 Å². The minimum Gasteiger partial charge on any atom is -0.464 e. The van der Waals surface area contributed by atoms with Crippen LogP contribution in [-0.2, 0) is 14.3 Å². The van der Waals surface area contributed by atoms with Crippen LogP contribution in [0.1, 0.15) is 21.2 Å². The number of anilines is 2.